The number of rotatable bonds is 0. The van der Waals surface area contributed by atoms with Crippen molar-refractivity contribution in [2.45, 2.75) is 18.3 Å². The Balaban J connectivity index is 2.13. The SMILES string of the molecule is OC1CC2(OCCO2)c2ccccc21. The first-order valence-electron chi connectivity index (χ1n) is 4.87. The lowest BCUT2D eigenvalue weighted by molar-refractivity contribution is -0.174. The molecule has 1 aliphatic carbocycles. The number of hydrogen-bond donors (Lipinski definition) is 1. The summed E-state index contributed by atoms with van der Waals surface area (Å²) in [4.78, 5) is 0. The van der Waals surface area contributed by atoms with Crippen LogP contribution in [-0.4, -0.2) is 18.3 Å². The van der Waals surface area contributed by atoms with Gasteiger partial charge in [0.2, 0.25) is 0 Å². The molecule has 1 unspecified atom stereocenters. The van der Waals surface area contributed by atoms with Crippen LogP contribution in [0.1, 0.15) is 23.7 Å². The lowest BCUT2D eigenvalue weighted by Gasteiger charge is -2.22. The lowest BCUT2D eigenvalue weighted by Crippen LogP contribution is -2.23. The third-order valence-corrected chi connectivity index (χ3v) is 2.95. The van der Waals surface area contributed by atoms with E-state index in [1.165, 1.54) is 0 Å². The zero-order valence-corrected chi connectivity index (χ0v) is 7.77. The second-order valence-electron chi connectivity index (χ2n) is 3.76. The third kappa shape index (κ3) is 0.974. The number of hydrogen-bond acceptors (Lipinski definition) is 3. The molecule has 3 heteroatoms. The summed E-state index contributed by atoms with van der Waals surface area (Å²) in [6, 6.07) is 7.77. The Labute approximate surface area is 82.3 Å². The molecule has 0 saturated carbocycles. The van der Waals surface area contributed by atoms with E-state index in [4.69, 9.17) is 9.47 Å². The minimum atomic E-state index is -0.657. The van der Waals surface area contributed by atoms with Gasteiger partial charge in [-0.05, 0) is 5.56 Å². The van der Waals surface area contributed by atoms with E-state index in [1.54, 1.807) is 0 Å². The van der Waals surface area contributed by atoms with Crippen LogP contribution in [0.3, 0.4) is 0 Å². The molecule has 3 rings (SSSR count). The second-order valence-corrected chi connectivity index (χ2v) is 3.76. The van der Waals surface area contributed by atoms with Gasteiger partial charge in [-0.15, -0.1) is 0 Å². The van der Waals surface area contributed by atoms with Gasteiger partial charge in [0.05, 0.1) is 19.3 Å². The molecular weight excluding hydrogens is 180 g/mol. The molecule has 0 aromatic heterocycles. The van der Waals surface area contributed by atoms with Crippen molar-refractivity contribution >= 4 is 0 Å². The summed E-state index contributed by atoms with van der Waals surface area (Å²) in [5.41, 5.74) is 1.93. The molecule has 0 amide bonds. The maximum atomic E-state index is 9.85. The molecule has 2 aliphatic rings. The summed E-state index contributed by atoms with van der Waals surface area (Å²) >= 11 is 0. The Morgan fingerprint density at radius 2 is 1.93 bits per heavy atom. The van der Waals surface area contributed by atoms with E-state index >= 15 is 0 Å². The zero-order chi connectivity index (χ0) is 9.60. The van der Waals surface area contributed by atoms with Crippen LogP contribution in [0.25, 0.3) is 0 Å². The minimum Gasteiger partial charge on any atom is -0.388 e. The Morgan fingerprint density at radius 1 is 1.21 bits per heavy atom. The largest absolute Gasteiger partial charge is 0.388 e. The molecule has 1 atom stereocenters. The first kappa shape index (κ1) is 8.41. The Morgan fingerprint density at radius 3 is 2.71 bits per heavy atom. The fourth-order valence-corrected chi connectivity index (χ4v) is 2.34. The van der Waals surface area contributed by atoms with Crippen LogP contribution in [0.4, 0.5) is 0 Å². The summed E-state index contributed by atoms with van der Waals surface area (Å²) < 4.78 is 11.2. The minimum absolute atomic E-state index is 0.454. The van der Waals surface area contributed by atoms with E-state index in [0.717, 1.165) is 11.1 Å². The van der Waals surface area contributed by atoms with Crippen molar-refractivity contribution in [1.29, 1.82) is 0 Å². The molecule has 14 heavy (non-hydrogen) atoms. The maximum Gasteiger partial charge on any atom is 0.198 e. The molecule has 0 bridgehead atoms. The molecule has 1 heterocycles. The number of aliphatic hydroxyl groups is 1. The summed E-state index contributed by atoms with van der Waals surface area (Å²) in [5, 5.41) is 9.85. The van der Waals surface area contributed by atoms with Crippen molar-refractivity contribution in [2.24, 2.45) is 0 Å². The first-order chi connectivity index (χ1) is 6.82. The highest BCUT2D eigenvalue weighted by Crippen LogP contribution is 2.48. The maximum absolute atomic E-state index is 9.85. The van der Waals surface area contributed by atoms with Crippen molar-refractivity contribution in [1.82, 2.24) is 0 Å². The number of benzene rings is 1. The van der Waals surface area contributed by atoms with Crippen molar-refractivity contribution in [2.75, 3.05) is 13.2 Å². The van der Waals surface area contributed by atoms with Gasteiger partial charge in [0.25, 0.3) is 0 Å². The monoisotopic (exact) mass is 192 g/mol. The Hall–Kier alpha value is -0.900. The van der Waals surface area contributed by atoms with Crippen LogP contribution in [0.15, 0.2) is 24.3 Å². The van der Waals surface area contributed by atoms with E-state index in [2.05, 4.69) is 0 Å². The van der Waals surface area contributed by atoms with Gasteiger partial charge in [0.15, 0.2) is 5.79 Å². The van der Waals surface area contributed by atoms with Gasteiger partial charge < -0.3 is 14.6 Å². The molecule has 1 aromatic carbocycles. The Kier molecular flexibility index (Phi) is 1.68. The molecule has 74 valence electrons. The third-order valence-electron chi connectivity index (χ3n) is 2.95. The van der Waals surface area contributed by atoms with Crippen LogP contribution < -0.4 is 0 Å². The summed E-state index contributed by atoms with van der Waals surface area (Å²) in [6.45, 7) is 1.22. The molecule has 1 spiro atoms. The number of ether oxygens (including phenoxy) is 2. The topological polar surface area (TPSA) is 38.7 Å². The molecule has 0 radical (unpaired) electrons. The molecule has 1 saturated heterocycles. The van der Waals surface area contributed by atoms with E-state index in [1.807, 2.05) is 24.3 Å². The normalized spacial score (nSPS) is 28.2. The van der Waals surface area contributed by atoms with Gasteiger partial charge in [-0.1, -0.05) is 24.3 Å². The van der Waals surface area contributed by atoms with Crippen molar-refractivity contribution in [3.8, 4) is 0 Å². The second kappa shape index (κ2) is 2.79. The highest BCUT2D eigenvalue weighted by Gasteiger charge is 2.47. The van der Waals surface area contributed by atoms with E-state index in [9.17, 15) is 5.11 Å². The van der Waals surface area contributed by atoms with Gasteiger partial charge in [-0.25, -0.2) is 0 Å². The van der Waals surface area contributed by atoms with Crippen molar-refractivity contribution < 1.29 is 14.6 Å². The predicted octanol–water partition coefficient (Wildman–Crippen LogP) is 1.32. The summed E-state index contributed by atoms with van der Waals surface area (Å²) in [5.74, 6) is -0.657. The van der Waals surface area contributed by atoms with Crippen LogP contribution in [0.2, 0.25) is 0 Å². The fraction of sp³-hybridized carbons (Fsp3) is 0.455. The summed E-state index contributed by atoms with van der Waals surface area (Å²) in [7, 11) is 0. The number of fused-ring (bicyclic) bond motifs is 2. The van der Waals surface area contributed by atoms with Gasteiger partial charge in [0.1, 0.15) is 0 Å². The fourth-order valence-electron chi connectivity index (χ4n) is 2.34. The first-order valence-corrected chi connectivity index (χ1v) is 4.87. The average Bonchev–Trinajstić information content (AvgIpc) is 2.77. The van der Waals surface area contributed by atoms with Gasteiger partial charge >= 0.3 is 0 Å². The Bertz CT molecular complexity index is 355. The summed E-state index contributed by atoms with van der Waals surface area (Å²) in [6.07, 6.45) is 0.0658. The zero-order valence-electron chi connectivity index (χ0n) is 7.77. The molecule has 1 N–H and O–H groups in total. The van der Waals surface area contributed by atoms with Crippen molar-refractivity contribution in [3.63, 3.8) is 0 Å². The van der Waals surface area contributed by atoms with Crippen molar-refractivity contribution in [3.05, 3.63) is 35.4 Å². The van der Waals surface area contributed by atoms with Gasteiger partial charge in [-0.3, -0.25) is 0 Å². The quantitative estimate of drug-likeness (QED) is 0.673. The lowest BCUT2D eigenvalue weighted by atomic mass is 10.1. The van der Waals surface area contributed by atoms with E-state index < -0.39 is 11.9 Å². The molecule has 1 aliphatic heterocycles. The average molecular weight is 192 g/mol. The van der Waals surface area contributed by atoms with Crippen LogP contribution in [0.5, 0.6) is 0 Å². The standard InChI is InChI=1S/C11H12O3/c12-10-7-11(13-5-6-14-11)9-4-2-1-3-8(9)10/h1-4,10,12H,5-7H2. The van der Waals surface area contributed by atoms with Crippen LogP contribution >= 0.6 is 0 Å². The highest BCUT2D eigenvalue weighted by atomic mass is 16.7. The molecule has 1 aromatic rings. The number of aliphatic hydroxyl groups excluding tert-OH is 1. The smallest absolute Gasteiger partial charge is 0.198 e. The van der Waals surface area contributed by atoms with Crippen LogP contribution in [0, 0.1) is 0 Å². The molecular formula is C11H12O3. The van der Waals surface area contributed by atoms with Gasteiger partial charge in [-0.2, -0.15) is 0 Å². The van der Waals surface area contributed by atoms with Crippen LogP contribution in [-0.2, 0) is 15.3 Å². The van der Waals surface area contributed by atoms with Gasteiger partial charge in [0, 0.05) is 12.0 Å². The highest BCUT2D eigenvalue weighted by molar-refractivity contribution is 5.38. The predicted molar refractivity (Wildman–Crippen MR) is 49.6 cm³/mol. The molecule has 1 fully saturated rings. The van der Waals surface area contributed by atoms with E-state index in [0.29, 0.717) is 19.6 Å². The molecule has 3 nitrogen and oxygen atoms in total. The van der Waals surface area contributed by atoms with E-state index in [-0.39, 0.29) is 0 Å².